The SMILES string of the molecule is CCN(C(=O)c1ccc(F)cc1)c1ccnc(N[C@@H](C)C2CCCCC2)n1. The van der Waals surface area contributed by atoms with E-state index in [1.54, 1.807) is 17.2 Å². The first kappa shape index (κ1) is 19.3. The van der Waals surface area contributed by atoms with Crippen molar-refractivity contribution in [3.05, 3.63) is 47.9 Å². The van der Waals surface area contributed by atoms with Crippen LogP contribution in [0.15, 0.2) is 36.5 Å². The highest BCUT2D eigenvalue weighted by Gasteiger charge is 2.22. The lowest BCUT2D eigenvalue weighted by Crippen LogP contribution is -2.32. The summed E-state index contributed by atoms with van der Waals surface area (Å²) in [5, 5.41) is 3.41. The minimum Gasteiger partial charge on any atom is -0.351 e. The molecule has 1 aliphatic rings. The number of aromatic nitrogens is 2. The maximum absolute atomic E-state index is 13.1. The number of benzene rings is 1. The lowest BCUT2D eigenvalue weighted by molar-refractivity contribution is 0.0987. The van der Waals surface area contributed by atoms with Crippen molar-refractivity contribution in [3.63, 3.8) is 0 Å². The molecule has 3 rings (SSSR count). The van der Waals surface area contributed by atoms with E-state index in [1.807, 2.05) is 6.92 Å². The van der Waals surface area contributed by atoms with Crippen LogP contribution < -0.4 is 10.2 Å². The maximum Gasteiger partial charge on any atom is 0.259 e. The molecule has 0 aliphatic heterocycles. The first-order valence-electron chi connectivity index (χ1n) is 9.75. The number of nitrogens with one attached hydrogen (secondary N) is 1. The molecule has 0 radical (unpaired) electrons. The molecule has 27 heavy (non-hydrogen) atoms. The Morgan fingerprint density at radius 3 is 2.59 bits per heavy atom. The Hall–Kier alpha value is -2.50. The molecule has 1 fully saturated rings. The molecule has 1 aliphatic carbocycles. The van der Waals surface area contributed by atoms with Gasteiger partial charge in [-0.1, -0.05) is 19.3 Å². The van der Waals surface area contributed by atoms with Gasteiger partial charge in [0.15, 0.2) is 0 Å². The number of nitrogens with zero attached hydrogens (tertiary/aromatic N) is 3. The second-order valence-corrected chi connectivity index (χ2v) is 7.13. The molecule has 1 atom stereocenters. The number of rotatable bonds is 6. The van der Waals surface area contributed by atoms with E-state index in [9.17, 15) is 9.18 Å². The van der Waals surface area contributed by atoms with E-state index in [0.717, 1.165) is 0 Å². The van der Waals surface area contributed by atoms with E-state index >= 15 is 0 Å². The third-order valence-corrected chi connectivity index (χ3v) is 5.28. The van der Waals surface area contributed by atoms with Crippen molar-refractivity contribution in [2.45, 2.75) is 52.0 Å². The smallest absolute Gasteiger partial charge is 0.259 e. The highest BCUT2D eigenvalue weighted by molar-refractivity contribution is 6.05. The molecule has 1 amide bonds. The van der Waals surface area contributed by atoms with Crippen molar-refractivity contribution in [2.24, 2.45) is 5.92 Å². The van der Waals surface area contributed by atoms with Crippen molar-refractivity contribution < 1.29 is 9.18 Å². The molecular formula is C21H27FN4O. The lowest BCUT2D eigenvalue weighted by Gasteiger charge is -2.28. The Morgan fingerprint density at radius 2 is 1.93 bits per heavy atom. The average Bonchev–Trinajstić information content (AvgIpc) is 2.70. The molecule has 2 aromatic rings. The van der Waals surface area contributed by atoms with Crippen molar-refractivity contribution in [3.8, 4) is 0 Å². The van der Waals surface area contributed by atoms with Crippen molar-refractivity contribution in [1.82, 2.24) is 9.97 Å². The third kappa shape index (κ3) is 4.81. The fraction of sp³-hybridized carbons (Fsp3) is 0.476. The van der Waals surface area contributed by atoms with Gasteiger partial charge in [-0.3, -0.25) is 9.69 Å². The fourth-order valence-electron chi connectivity index (χ4n) is 3.68. The average molecular weight is 370 g/mol. The van der Waals surface area contributed by atoms with Gasteiger partial charge >= 0.3 is 0 Å². The molecule has 0 saturated heterocycles. The van der Waals surface area contributed by atoms with Crippen LogP contribution in [0.25, 0.3) is 0 Å². The monoisotopic (exact) mass is 370 g/mol. The van der Waals surface area contributed by atoms with Crippen LogP contribution in [0.1, 0.15) is 56.3 Å². The van der Waals surface area contributed by atoms with Crippen LogP contribution in [-0.4, -0.2) is 28.5 Å². The summed E-state index contributed by atoms with van der Waals surface area (Å²) in [6.45, 7) is 4.53. The summed E-state index contributed by atoms with van der Waals surface area (Å²) in [4.78, 5) is 23.2. The Labute approximate surface area is 160 Å². The normalized spacial score (nSPS) is 16.0. The highest BCUT2D eigenvalue weighted by atomic mass is 19.1. The minimum atomic E-state index is -0.361. The van der Waals surface area contributed by atoms with E-state index in [2.05, 4.69) is 22.2 Å². The van der Waals surface area contributed by atoms with E-state index in [0.29, 0.717) is 35.8 Å². The zero-order valence-electron chi connectivity index (χ0n) is 16.0. The number of hydrogen-bond donors (Lipinski definition) is 1. The van der Waals surface area contributed by atoms with Crippen LogP contribution in [0.3, 0.4) is 0 Å². The standard InChI is InChI=1S/C21H27FN4O/c1-3-26(20(27)17-9-11-18(22)12-10-17)19-13-14-23-21(25-19)24-15(2)16-7-5-4-6-8-16/h9-16H,3-8H2,1-2H3,(H,23,24,25)/t15-/m0/s1. The molecule has 0 bridgehead atoms. The number of anilines is 2. The number of carbonyl (C=O) groups is 1. The molecule has 1 aromatic carbocycles. The predicted octanol–water partition coefficient (Wildman–Crippen LogP) is 4.66. The Kier molecular flexibility index (Phi) is 6.37. The molecule has 1 N–H and O–H groups in total. The second kappa shape index (κ2) is 8.93. The van der Waals surface area contributed by atoms with Gasteiger partial charge in [-0.2, -0.15) is 4.98 Å². The molecule has 0 unspecified atom stereocenters. The second-order valence-electron chi connectivity index (χ2n) is 7.13. The van der Waals surface area contributed by atoms with Crippen LogP contribution in [0.2, 0.25) is 0 Å². The number of halogens is 1. The molecular weight excluding hydrogens is 343 g/mol. The highest BCUT2D eigenvalue weighted by Crippen LogP contribution is 2.27. The molecule has 144 valence electrons. The van der Waals surface area contributed by atoms with Gasteiger partial charge in [0.25, 0.3) is 5.91 Å². The van der Waals surface area contributed by atoms with Gasteiger partial charge in [-0.25, -0.2) is 9.37 Å². The first-order valence-corrected chi connectivity index (χ1v) is 9.75. The molecule has 5 nitrogen and oxygen atoms in total. The van der Waals surface area contributed by atoms with Gasteiger partial charge in [0.05, 0.1) is 0 Å². The number of hydrogen-bond acceptors (Lipinski definition) is 4. The topological polar surface area (TPSA) is 58.1 Å². The van der Waals surface area contributed by atoms with E-state index in [1.165, 1.54) is 56.4 Å². The number of carbonyl (C=O) groups excluding carboxylic acids is 1. The largest absolute Gasteiger partial charge is 0.351 e. The van der Waals surface area contributed by atoms with Gasteiger partial charge in [-0.15, -0.1) is 0 Å². The lowest BCUT2D eigenvalue weighted by atomic mass is 9.85. The van der Waals surface area contributed by atoms with Crippen molar-refractivity contribution in [1.29, 1.82) is 0 Å². The van der Waals surface area contributed by atoms with Crippen LogP contribution in [0.4, 0.5) is 16.2 Å². The number of amides is 1. The van der Waals surface area contributed by atoms with E-state index < -0.39 is 0 Å². The summed E-state index contributed by atoms with van der Waals surface area (Å²) in [7, 11) is 0. The van der Waals surface area contributed by atoms with Gasteiger partial charge in [0.1, 0.15) is 11.6 Å². The van der Waals surface area contributed by atoms with Gasteiger partial charge in [0, 0.05) is 24.3 Å². The van der Waals surface area contributed by atoms with Gasteiger partial charge in [-0.05, 0) is 62.9 Å². The molecule has 0 spiro atoms. The van der Waals surface area contributed by atoms with Gasteiger partial charge < -0.3 is 5.32 Å². The summed E-state index contributed by atoms with van der Waals surface area (Å²) in [6, 6.07) is 7.59. The van der Waals surface area contributed by atoms with Crippen molar-refractivity contribution >= 4 is 17.7 Å². The Balaban J connectivity index is 1.74. The van der Waals surface area contributed by atoms with Crippen LogP contribution >= 0.6 is 0 Å². The summed E-state index contributed by atoms with van der Waals surface area (Å²) < 4.78 is 13.1. The van der Waals surface area contributed by atoms with Gasteiger partial charge in [0.2, 0.25) is 5.95 Å². The predicted molar refractivity (Wildman–Crippen MR) is 105 cm³/mol. The molecule has 1 aromatic heterocycles. The first-order chi connectivity index (χ1) is 13.1. The van der Waals surface area contributed by atoms with Crippen molar-refractivity contribution in [2.75, 3.05) is 16.8 Å². The zero-order valence-corrected chi connectivity index (χ0v) is 16.0. The summed E-state index contributed by atoms with van der Waals surface area (Å²) in [6.07, 6.45) is 8.03. The fourth-order valence-corrected chi connectivity index (χ4v) is 3.68. The zero-order chi connectivity index (χ0) is 19.2. The third-order valence-electron chi connectivity index (χ3n) is 5.28. The van der Waals surface area contributed by atoms with E-state index in [4.69, 9.17) is 0 Å². The molecule has 1 saturated carbocycles. The quantitative estimate of drug-likeness (QED) is 0.803. The van der Waals surface area contributed by atoms with Crippen LogP contribution in [-0.2, 0) is 0 Å². The summed E-state index contributed by atoms with van der Waals surface area (Å²) in [5.74, 6) is 1.15. The van der Waals surface area contributed by atoms with Crippen LogP contribution in [0, 0.1) is 11.7 Å². The summed E-state index contributed by atoms with van der Waals surface area (Å²) >= 11 is 0. The van der Waals surface area contributed by atoms with Crippen LogP contribution in [0.5, 0.6) is 0 Å². The summed E-state index contributed by atoms with van der Waals surface area (Å²) in [5.41, 5.74) is 0.432. The Bertz CT molecular complexity index is 759. The molecule has 1 heterocycles. The minimum absolute atomic E-state index is 0.206. The van der Waals surface area contributed by atoms with E-state index in [-0.39, 0.29) is 11.7 Å². The Morgan fingerprint density at radius 1 is 1.22 bits per heavy atom. The molecule has 6 heteroatoms. The maximum atomic E-state index is 13.1.